The topological polar surface area (TPSA) is 26.9 Å². The van der Waals surface area contributed by atoms with Gasteiger partial charge in [-0.2, -0.15) is 26.3 Å². The molecule has 0 radical (unpaired) electrons. The fourth-order valence-electron chi connectivity index (χ4n) is 4.69. The Morgan fingerprint density at radius 3 is 2.20 bits per heavy atom. The number of halogens is 6. The van der Waals surface area contributed by atoms with Crippen LogP contribution in [-0.4, -0.2) is 9.36 Å². The molecule has 1 aromatic carbocycles. The molecular weight excluding hydrogens is 410 g/mol. The molecule has 2 aromatic rings. The van der Waals surface area contributed by atoms with Crippen molar-refractivity contribution in [3.8, 4) is 5.69 Å². The maximum atomic E-state index is 13.6. The lowest BCUT2D eigenvalue weighted by Crippen LogP contribution is -2.27. The van der Waals surface area contributed by atoms with Crippen LogP contribution in [0, 0.1) is 5.41 Å². The number of rotatable bonds is 3. The van der Waals surface area contributed by atoms with Gasteiger partial charge in [0, 0.05) is 18.3 Å². The molecule has 1 atom stereocenters. The minimum Gasteiger partial charge on any atom is -0.285 e. The summed E-state index contributed by atoms with van der Waals surface area (Å²) in [7, 11) is 1.42. The standard InChI is InChI=1S/C21H24F6N2O/c1-5-15-17(14-7-6-10-19(14,2)3)18(30)29(28(15)4)16-11-12(20(22,23)24)8-9-13(16)21(25,26)27/h8-9,11,14H,5-7,10H2,1-4H3/t14-/m1/s1. The number of hydrogen-bond donors (Lipinski definition) is 0. The van der Waals surface area contributed by atoms with Gasteiger partial charge in [0.2, 0.25) is 0 Å². The summed E-state index contributed by atoms with van der Waals surface area (Å²) in [5.41, 5.74) is -3.26. The lowest BCUT2D eigenvalue weighted by atomic mass is 9.77. The summed E-state index contributed by atoms with van der Waals surface area (Å²) in [6.07, 6.45) is -6.91. The maximum absolute atomic E-state index is 13.6. The summed E-state index contributed by atoms with van der Waals surface area (Å²) >= 11 is 0. The molecule has 1 saturated carbocycles. The van der Waals surface area contributed by atoms with Gasteiger partial charge in [0.25, 0.3) is 5.56 Å². The SMILES string of the molecule is CCc1c([C@H]2CCCC2(C)C)c(=O)n(-c2cc(C(F)(F)F)ccc2C(F)(F)F)n1C. The van der Waals surface area contributed by atoms with Crippen LogP contribution >= 0.6 is 0 Å². The third kappa shape index (κ3) is 3.67. The molecule has 1 heterocycles. The van der Waals surface area contributed by atoms with E-state index >= 15 is 0 Å². The highest BCUT2D eigenvalue weighted by Crippen LogP contribution is 2.49. The van der Waals surface area contributed by atoms with E-state index in [2.05, 4.69) is 0 Å². The molecule has 0 aliphatic heterocycles. The van der Waals surface area contributed by atoms with Crippen LogP contribution in [0.2, 0.25) is 0 Å². The van der Waals surface area contributed by atoms with E-state index in [1.165, 1.54) is 11.7 Å². The monoisotopic (exact) mass is 434 g/mol. The van der Waals surface area contributed by atoms with Crippen LogP contribution in [0.15, 0.2) is 23.0 Å². The van der Waals surface area contributed by atoms with Gasteiger partial charge in [-0.25, -0.2) is 4.68 Å². The summed E-state index contributed by atoms with van der Waals surface area (Å²) < 4.78 is 82.6. The summed E-state index contributed by atoms with van der Waals surface area (Å²) in [5, 5.41) is 0. The Balaban J connectivity index is 2.35. The number of benzene rings is 1. The van der Waals surface area contributed by atoms with Crippen LogP contribution in [0.5, 0.6) is 0 Å². The van der Waals surface area contributed by atoms with E-state index in [-0.39, 0.29) is 11.3 Å². The van der Waals surface area contributed by atoms with Crippen molar-refractivity contribution in [2.24, 2.45) is 12.5 Å². The first kappa shape index (κ1) is 22.5. The molecule has 3 nitrogen and oxygen atoms in total. The second-order valence-electron chi connectivity index (χ2n) is 8.52. The molecule has 3 rings (SSSR count). The first-order chi connectivity index (χ1) is 13.7. The van der Waals surface area contributed by atoms with Crippen molar-refractivity contribution < 1.29 is 26.3 Å². The predicted molar refractivity (Wildman–Crippen MR) is 101 cm³/mol. The molecule has 1 aliphatic rings. The number of hydrogen-bond acceptors (Lipinski definition) is 1. The van der Waals surface area contributed by atoms with Gasteiger partial charge in [-0.15, -0.1) is 0 Å². The van der Waals surface area contributed by atoms with Crippen LogP contribution in [-0.2, 0) is 25.8 Å². The molecule has 0 spiro atoms. The molecule has 1 aromatic heterocycles. The fraction of sp³-hybridized carbons (Fsp3) is 0.571. The zero-order chi connectivity index (χ0) is 22.6. The molecule has 0 unspecified atom stereocenters. The van der Waals surface area contributed by atoms with E-state index in [1.54, 1.807) is 6.92 Å². The minimum absolute atomic E-state index is 0.160. The molecule has 0 N–H and O–H groups in total. The van der Waals surface area contributed by atoms with E-state index in [9.17, 15) is 31.1 Å². The van der Waals surface area contributed by atoms with Gasteiger partial charge in [0.1, 0.15) is 0 Å². The van der Waals surface area contributed by atoms with Crippen molar-refractivity contribution in [3.63, 3.8) is 0 Å². The van der Waals surface area contributed by atoms with Gasteiger partial charge in [0.15, 0.2) is 0 Å². The molecule has 0 saturated heterocycles. The van der Waals surface area contributed by atoms with Crippen molar-refractivity contribution in [1.29, 1.82) is 0 Å². The third-order valence-electron chi connectivity index (χ3n) is 6.22. The molecule has 0 amide bonds. The molecule has 1 aliphatic carbocycles. The summed E-state index contributed by atoms with van der Waals surface area (Å²) in [5.74, 6) is -0.160. The lowest BCUT2D eigenvalue weighted by molar-refractivity contribution is -0.141. The van der Waals surface area contributed by atoms with Crippen molar-refractivity contribution in [2.75, 3.05) is 0 Å². The molecule has 166 valence electrons. The van der Waals surface area contributed by atoms with Crippen LogP contribution in [0.25, 0.3) is 5.69 Å². The zero-order valence-corrected chi connectivity index (χ0v) is 17.2. The van der Waals surface area contributed by atoms with Crippen molar-refractivity contribution in [1.82, 2.24) is 9.36 Å². The van der Waals surface area contributed by atoms with E-state index in [0.29, 0.717) is 42.3 Å². The van der Waals surface area contributed by atoms with Gasteiger partial charge in [-0.1, -0.05) is 27.2 Å². The first-order valence-corrected chi connectivity index (χ1v) is 9.79. The van der Waals surface area contributed by atoms with E-state index in [1.807, 2.05) is 13.8 Å². The highest BCUT2D eigenvalue weighted by molar-refractivity contribution is 5.47. The highest BCUT2D eigenvalue weighted by Gasteiger charge is 2.42. The van der Waals surface area contributed by atoms with Gasteiger partial charge < -0.3 is 0 Å². The van der Waals surface area contributed by atoms with E-state index in [0.717, 1.165) is 17.5 Å². The van der Waals surface area contributed by atoms with Crippen LogP contribution in [0.1, 0.15) is 68.3 Å². The van der Waals surface area contributed by atoms with Crippen LogP contribution < -0.4 is 5.56 Å². The van der Waals surface area contributed by atoms with Gasteiger partial charge in [0.05, 0.1) is 16.8 Å². The summed E-state index contributed by atoms with van der Waals surface area (Å²) in [6.45, 7) is 5.79. The Morgan fingerprint density at radius 1 is 1.10 bits per heavy atom. The molecule has 0 bridgehead atoms. The Bertz CT molecular complexity index is 1010. The van der Waals surface area contributed by atoms with Crippen molar-refractivity contribution >= 4 is 0 Å². The molecule has 1 fully saturated rings. The lowest BCUT2D eigenvalue weighted by Gasteiger charge is -2.26. The average molecular weight is 434 g/mol. The quantitative estimate of drug-likeness (QED) is 0.539. The molecule has 9 heteroatoms. The number of aromatic nitrogens is 2. The van der Waals surface area contributed by atoms with Gasteiger partial charge in [-0.3, -0.25) is 9.48 Å². The Kier molecular flexibility index (Phi) is 5.40. The summed E-state index contributed by atoms with van der Waals surface area (Å²) in [4.78, 5) is 13.4. The van der Waals surface area contributed by atoms with Crippen molar-refractivity contribution in [2.45, 2.75) is 64.7 Å². The minimum atomic E-state index is -4.91. The van der Waals surface area contributed by atoms with Gasteiger partial charge >= 0.3 is 12.4 Å². The number of nitrogens with zero attached hydrogens (tertiary/aromatic N) is 2. The number of alkyl halides is 6. The fourth-order valence-corrected chi connectivity index (χ4v) is 4.69. The Hall–Kier alpha value is -2.19. The van der Waals surface area contributed by atoms with E-state index in [4.69, 9.17) is 0 Å². The van der Waals surface area contributed by atoms with Crippen molar-refractivity contribution in [3.05, 3.63) is 50.9 Å². The van der Waals surface area contributed by atoms with Crippen LogP contribution in [0.4, 0.5) is 26.3 Å². The van der Waals surface area contributed by atoms with E-state index < -0.39 is 34.7 Å². The van der Waals surface area contributed by atoms with Gasteiger partial charge in [-0.05, 0) is 48.8 Å². The second kappa shape index (κ2) is 7.20. The Labute approximate surface area is 170 Å². The zero-order valence-electron chi connectivity index (χ0n) is 17.2. The average Bonchev–Trinajstić information content (AvgIpc) is 3.07. The largest absolute Gasteiger partial charge is 0.418 e. The maximum Gasteiger partial charge on any atom is 0.418 e. The molecular formula is C21H24F6N2O. The predicted octanol–water partition coefficient (Wildman–Crippen LogP) is 6.07. The second-order valence-corrected chi connectivity index (χ2v) is 8.52. The molecule has 30 heavy (non-hydrogen) atoms. The van der Waals surface area contributed by atoms with Crippen LogP contribution in [0.3, 0.4) is 0 Å². The third-order valence-corrected chi connectivity index (χ3v) is 6.22. The Morgan fingerprint density at radius 2 is 1.73 bits per heavy atom. The highest BCUT2D eigenvalue weighted by atomic mass is 19.4. The smallest absolute Gasteiger partial charge is 0.285 e. The first-order valence-electron chi connectivity index (χ1n) is 9.79. The normalized spacial score (nSPS) is 19.5. The summed E-state index contributed by atoms with van der Waals surface area (Å²) in [6, 6.07) is 1.19.